The van der Waals surface area contributed by atoms with Crippen molar-refractivity contribution in [1.82, 2.24) is 19.6 Å². The number of rotatable bonds is 9. The molecule has 11 heteroatoms. The van der Waals surface area contributed by atoms with E-state index in [0.717, 1.165) is 11.8 Å². The van der Waals surface area contributed by atoms with E-state index in [2.05, 4.69) is 20.4 Å². The standard InChI is InChI=1S/C20H19N7O4/c21-10-14-17(23-8-7-12-3-5-13(6-4-12)31-11-16(28)29)25-20(22)27-19(14)24-18(26-27)15-2-1-9-30-15/h1-6,9-10,21,23H,7-8,11H2,(H2,22,25)(H,28,29). The lowest BCUT2D eigenvalue weighted by atomic mass is 10.1. The van der Waals surface area contributed by atoms with E-state index in [9.17, 15) is 4.79 Å². The van der Waals surface area contributed by atoms with Gasteiger partial charge in [-0.1, -0.05) is 12.1 Å². The number of hydrogen-bond donors (Lipinski definition) is 4. The van der Waals surface area contributed by atoms with Crippen LogP contribution in [0.4, 0.5) is 11.8 Å². The topological polar surface area (TPSA) is 165 Å². The zero-order chi connectivity index (χ0) is 21.8. The number of nitrogen functional groups attached to an aromatic ring is 1. The lowest BCUT2D eigenvalue weighted by Crippen LogP contribution is -2.13. The van der Waals surface area contributed by atoms with Gasteiger partial charge in [0.2, 0.25) is 11.8 Å². The number of aromatic nitrogens is 4. The van der Waals surface area contributed by atoms with Crippen molar-refractivity contribution in [1.29, 1.82) is 5.41 Å². The molecule has 3 aromatic heterocycles. The zero-order valence-electron chi connectivity index (χ0n) is 16.3. The Labute approximate surface area is 176 Å². The van der Waals surface area contributed by atoms with Crippen molar-refractivity contribution in [2.24, 2.45) is 0 Å². The maximum Gasteiger partial charge on any atom is 0.341 e. The predicted molar refractivity (Wildman–Crippen MR) is 113 cm³/mol. The Morgan fingerprint density at radius 1 is 1.29 bits per heavy atom. The van der Waals surface area contributed by atoms with Crippen molar-refractivity contribution in [3.05, 3.63) is 53.8 Å². The van der Waals surface area contributed by atoms with Crippen LogP contribution in [0.3, 0.4) is 0 Å². The average molecular weight is 421 g/mol. The van der Waals surface area contributed by atoms with Gasteiger partial charge < -0.3 is 30.7 Å². The first-order valence-corrected chi connectivity index (χ1v) is 9.33. The maximum absolute atomic E-state index is 10.6. The molecule has 5 N–H and O–H groups in total. The first-order valence-electron chi connectivity index (χ1n) is 9.33. The molecule has 0 saturated carbocycles. The van der Waals surface area contributed by atoms with Gasteiger partial charge in [-0.2, -0.15) is 9.50 Å². The molecule has 11 nitrogen and oxygen atoms in total. The summed E-state index contributed by atoms with van der Waals surface area (Å²) in [7, 11) is 0. The van der Waals surface area contributed by atoms with Gasteiger partial charge in [-0.3, -0.25) is 0 Å². The molecule has 0 aliphatic rings. The molecule has 0 spiro atoms. The fourth-order valence-corrected chi connectivity index (χ4v) is 2.97. The van der Waals surface area contributed by atoms with Gasteiger partial charge in [0.1, 0.15) is 11.6 Å². The van der Waals surface area contributed by atoms with E-state index in [1.165, 1.54) is 10.8 Å². The minimum Gasteiger partial charge on any atom is -0.482 e. The molecule has 158 valence electrons. The Bertz CT molecular complexity index is 1220. The summed E-state index contributed by atoms with van der Waals surface area (Å²) in [6.07, 6.45) is 3.34. The summed E-state index contributed by atoms with van der Waals surface area (Å²) >= 11 is 0. The normalized spacial score (nSPS) is 10.8. The SMILES string of the molecule is N=Cc1c(NCCc2ccc(OCC(=O)O)cc2)nc(N)n2nc(-c3ccco3)nc12. The van der Waals surface area contributed by atoms with E-state index in [-0.39, 0.29) is 12.6 Å². The van der Waals surface area contributed by atoms with Crippen molar-refractivity contribution in [3.63, 3.8) is 0 Å². The Morgan fingerprint density at radius 2 is 2.10 bits per heavy atom. The summed E-state index contributed by atoms with van der Waals surface area (Å²) in [4.78, 5) is 19.3. The van der Waals surface area contributed by atoms with Gasteiger partial charge in [-0.25, -0.2) is 9.78 Å². The van der Waals surface area contributed by atoms with Gasteiger partial charge in [0, 0.05) is 12.8 Å². The Balaban J connectivity index is 1.48. The van der Waals surface area contributed by atoms with Crippen LogP contribution in [0.5, 0.6) is 5.75 Å². The number of carbonyl (C=O) groups is 1. The molecule has 4 aromatic rings. The highest BCUT2D eigenvalue weighted by Crippen LogP contribution is 2.23. The minimum absolute atomic E-state index is 0.133. The number of anilines is 2. The molecule has 1 aromatic carbocycles. The second-order valence-corrected chi connectivity index (χ2v) is 6.53. The number of benzene rings is 1. The highest BCUT2D eigenvalue weighted by atomic mass is 16.5. The summed E-state index contributed by atoms with van der Waals surface area (Å²) in [5, 5.41) is 24.0. The van der Waals surface area contributed by atoms with Gasteiger partial charge in [-0.05, 0) is 36.2 Å². The molecular formula is C20H19N7O4. The zero-order valence-corrected chi connectivity index (χ0v) is 16.3. The third kappa shape index (κ3) is 4.29. The predicted octanol–water partition coefficient (Wildman–Crippen LogP) is 2.08. The third-order valence-corrected chi connectivity index (χ3v) is 4.42. The van der Waals surface area contributed by atoms with Crippen LogP contribution < -0.4 is 15.8 Å². The second kappa shape index (κ2) is 8.53. The van der Waals surface area contributed by atoms with Gasteiger partial charge >= 0.3 is 5.97 Å². The van der Waals surface area contributed by atoms with E-state index in [1.54, 1.807) is 24.3 Å². The van der Waals surface area contributed by atoms with Crippen LogP contribution in [0.25, 0.3) is 17.2 Å². The van der Waals surface area contributed by atoms with Gasteiger partial charge in [0.25, 0.3) is 0 Å². The maximum atomic E-state index is 10.6. The van der Waals surface area contributed by atoms with Crippen LogP contribution >= 0.6 is 0 Å². The third-order valence-electron chi connectivity index (χ3n) is 4.42. The molecule has 4 rings (SSSR count). The van der Waals surface area contributed by atoms with Crippen molar-refractivity contribution in [2.45, 2.75) is 6.42 Å². The molecule has 0 fully saturated rings. The molecule has 0 unspecified atom stereocenters. The summed E-state index contributed by atoms with van der Waals surface area (Å²) in [6.45, 7) is 0.144. The number of aliphatic carboxylic acids is 1. The number of ether oxygens (including phenoxy) is 1. The molecule has 31 heavy (non-hydrogen) atoms. The lowest BCUT2D eigenvalue weighted by molar-refractivity contribution is -0.139. The van der Waals surface area contributed by atoms with E-state index in [4.69, 9.17) is 25.4 Å². The number of nitrogens with two attached hydrogens (primary N) is 1. The first-order chi connectivity index (χ1) is 15.0. The van der Waals surface area contributed by atoms with Crippen molar-refractivity contribution < 1.29 is 19.1 Å². The second-order valence-electron chi connectivity index (χ2n) is 6.53. The minimum atomic E-state index is -1.03. The van der Waals surface area contributed by atoms with Gasteiger partial charge in [0.15, 0.2) is 18.0 Å². The number of carboxylic acids is 1. The van der Waals surface area contributed by atoms with Gasteiger partial charge in [0.05, 0.1) is 11.8 Å². The van der Waals surface area contributed by atoms with Crippen LogP contribution in [-0.2, 0) is 11.2 Å². The van der Waals surface area contributed by atoms with E-state index >= 15 is 0 Å². The highest BCUT2D eigenvalue weighted by molar-refractivity contribution is 5.93. The van der Waals surface area contributed by atoms with Crippen molar-refractivity contribution in [2.75, 3.05) is 24.2 Å². The summed E-state index contributed by atoms with van der Waals surface area (Å²) in [5.74, 6) is 0.869. The van der Waals surface area contributed by atoms with Crippen LogP contribution in [0.1, 0.15) is 11.1 Å². The molecule has 0 aliphatic carbocycles. The highest BCUT2D eigenvalue weighted by Gasteiger charge is 2.17. The Morgan fingerprint density at radius 3 is 2.77 bits per heavy atom. The van der Waals surface area contributed by atoms with E-state index in [0.29, 0.717) is 47.3 Å². The number of carboxylic acid groups (broad SMARTS) is 1. The molecule has 3 heterocycles. The molecule has 0 radical (unpaired) electrons. The monoisotopic (exact) mass is 421 g/mol. The summed E-state index contributed by atoms with van der Waals surface area (Å²) in [6, 6.07) is 10.6. The number of fused-ring (bicyclic) bond motifs is 1. The van der Waals surface area contributed by atoms with Crippen LogP contribution in [0, 0.1) is 5.41 Å². The van der Waals surface area contributed by atoms with Crippen molar-refractivity contribution in [3.8, 4) is 17.3 Å². The molecule has 0 amide bonds. The summed E-state index contributed by atoms with van der Waals surface area (Å²) < 4.78 is 11.8. The molecule has 0 aliphatic heterocycles. The Kier molecular flexibility index (Phi) is 5.47. The fourth-order valence-electron chi connectivity index (χ4n) is 2.97. The van der Waals surface area contributed by atoms with Crippen LogP contribution in [0.15, 0.2) is 47.1 Å². The van der Waals surface area contributed by atoms with Crippen LogP contribution in [-0.4, -0.2) is 50.0 Å². The smallest absolute Gasteiger partial charge is 0.341 e. The van der Waals surface area contributed by atoms with E-state index < -0.39 is 5.97 Å². The average Bonchev–Trinajstić information content (AvgIpc) is 3.44. The molecule has 0 saturated heterocycles. The number of nitrogens with zero attached hydrogens (tertiary/aromatic N) is 4. The number of furan rings is 1. The number of hydrogen-bond acceptors (Lipinski definition) is 9. The first kappa shape index (κ1) is 19.9. The van der Waals surface area contributed by atoms with Gasteiger partial charge in [-0.15, -0.1) is 5.10 Å². The van der Waals surface area contributed by atoms with Crippen LogP contribution in [0.2, 0.25) is 0 Å². The van der Waals surface area contributed by atoms with Crippen molar-refractivity contribution >= 4 is 29.6 Å². The summed E-state index contributed by atoms with van der Waals surface area (Å²) in [5.41, 5.74) is 7.92. The molecule has 0 bridgehead atoms. The quantitative estimate of drug-likeness (QED) is 0.296. The number of nitrogens with one attached hydrogen (secondary N) is 2. The lowest BCUT2D eigenvalue weighted by Gasteiger charge is -2.10. The Hall–Kier alpha value is -4.41. The molecule has 0 atom stereocenters. The largest absolute Gasteiger partial charge is 0.482 e. The van der Waals surface area contributed by atoms with E-state index in [1.807, 2.05) is 12.1 Å². The fraction of sp³-hybridized carbons (Fsp3) is 0.150. The molecular weight excluding hydrogens is 402 g/mol.